The Labute approximate surface area is 115 Å². The van der Waals surface area contributed by atoms with Crippen LogP contribution in [0.25, 0.3) is 22.9 Å². The molecule has 0 unspecified atom stereocenters. The van der Waals surface area contributed by atoms with Crippen LogP contribution in [0.15, 0.2) is 54.7 Å². The largest absolute Gasteiger partial charge is 0.256 e. The molecule has 0 saturated carbocycles. The van der Waals surface area contributed by atoms with Crippen molar-refractivity contribution >= 4 is 22.9 Å². The fraction of sp³-hybridized carbons (Fsp3) is 0. The average Bonchev–Trinajstić information content (AvgIpc) is 2.48. The first kappa shape index (κ1) is 12.5. The zero-order valence-corrected chi connectivity index (χ0v) is 10.6. The summed E-state index contributed by atoms with van der Waals surface area (Å²) in [7, 11) is 0. The third-order valence-corrected chi connectivity index (χ3v) is 3.08. The van der Waals surface area contributed by atoms with E-state index in [0.717, 1.165) is 34.7 Å². The number of fused-ring (bicyclic) bond motifs is 1. The molecule has 0 amide bonds. The average molecular weight is 267 g/mol. The molecule has 0 atom stereocenters. The summed E-state index contributed by atoms with van der Waals surface area (Å²) in [4.78, 5) is 4.27. The summed E-state index contributed by atoms with van der Waals surface area (Å²) in [5, 5.41) is 2.03. The monoisotopic (exact) mass is 267 g/mol. The molecule has 0 aliphatic rings. The van der Waals surface area contributed by atoms with Gasteiger partial charge in [-0.1, -0.05) is 24.3 Å². The minimum Gasteiger partial charge on any atom is -0.256 e. The number of nitrogens with zero attached hydrogens (tertiary/aromatic N) is 1. The van der Waals surface area contributed by atoms with Gasteiger partial charge in [0.1, 0.15) is 11.6 Å². The Bertz CT molecular complexity index is 789. The molecular weight excluding hydrogens is 256 g/mol. The summed E-state index contributed by atoms with van der Waals surface area (Å²) < 4.78 is 26.7. The highest BCUT2D eigenvalue weighted by atomic mass is 19.1. The third-order valence-electron chi connectivity index (χ3n) is 3.08. The summed E-state index contributed by atoms with van der Waals surface area (Å²) in [5.41, 5.74) is 0.937. The van der Waals surface area contributed by atoms with E-state index in [1.807, 2.05) is 30.3 Å². The zero-order chi connectivity index (χ0) is 13.9. The van der Waals surface area contributed by atoms with Gasteiger partial charge in [-0.25, -0.2) is 8.78 Å². The zero-order valence-electron chi connectivity index (χ0n) is 10.6. The van der Waals surface area contributed by atoms with Crippen LogP contribution in [0.1, 0.15) is 11.3 Å². The van der Waals surface area contributed by atoms with E-state index in [4.69, 9.17) is 0 Å². The maximum atomic E-state index is 13.5. The van der Waals surface area contributed by atoms with Crippen molar-refractivity contribution in [2.45, 2.75) is 0 Å². The smallest absolute Gasteiger partial charge is 0.130 e. The fourth-order valence-electron chi connectivity index (χ4n) is 2.09. The first-order chi connectivity index (χ1) is 9.74. The highest BCUT2D eigenvalue weighted by Gasteiger charge is 2.02. The van der Waals surface area contributed by atoms with Crippen molar-refractivity contribution in [3.8, 4) is 0 Å². The summed E-state index contributed by atoms with van der Waals surface area (Å²) in [6, 6.07) is 13.1. The van der Waals surface area contributed by atoms with E-state index in [0.29, 0.717) is 0 Å². The Hall–Kier alpha value is -2.55. The number of rotatable bonds is 2. The highest BCUT2D eigenvalue weighted by Crippen LogP contribution is 2.19. The second-order valence-corrected chi connectivity index (χ2v) is 4.42. The van der Waals surface area contributed by atoms with Gasteiger partial charge in [-0.05, 0) is 41.8 Å². The minimum atomic E-state index is -0.461. The van der Waals surface area contributed by atoms with Gasteiger partial charge < -0.3 is 0 Å². The van der Waals surface area contributed by atoms with Crippen LogP contribution in [0.3, 0.4) is 0 Å². The molecule has 0 radical (unpaired) electrons. The van der Waals surface area contributed by atoms with E-state index in [9.17, 15) is 8.78 Å². The molecule has 0 aliphatic carbocycles. The van der Waals surface area contributed by atoms with E-state index >= 15 is 0 Å². The minimum absolute atomic E-state index is 0.208. The van der Waals surface area contributed by atoms with E-state index in [1.54, 1.807) is 12.3 Å². The standard InChI is InChI=1S/C17H11F2N/c18-14-6-7-16(19)13(11-14)5-8-17-15-4-2-1-3-12(15)9-10-20-17/h1-11H. The number of halogens is 2. The highest BCUT2D eigenvalue weighted by molar-refractivity contribution is 5.91. The van der Waals surface area contributed by atoms with Crippen molar-refractivity contribution in [1.29, 1.82) is 0 Å². The number of aromatic nitrogens is 1. The number of pyridine rings is 1. The lowest BCUT2D eigenvalue weighted by Gasteiger charge is -2.01. The van der Waals surface area contributed by atoms with Gasteiger partial charge in [-0.3, -0.25) is 4.98 Å². The van der Waals surface area contributed by atoms with Gasteiger partial charge in [-0.15, -0.1) is 0 Å². The van der Waals surface area contributed by atoms with Crippen molar-refractivity contribution in [2.75, 3.05) is 0 Å². The third kappa shape index (κ3) is 2.43. The molecule has 3 aromatic rings. The molecule has 2 aromatic carbocycles. The van der Waals surface area contributed by atoms with Crippen LogP contribution in [0.2, 0.25) is 0 Å². The normalized spacial score (nSPS) is 11.3. The number of hydrogen-bond donors (Lipinski definition) is 0. The van der Waals surface area contributed by atoms with Crippen LogP contribution >= 0.6 is 0 Å². The first-order valence-electron chi connectivity index (χ1n) is 6.21. The van der Waals surface area contributed by atoms with Crippen LogP contribution in [0.4, 0.5) is 8.78 Å². The van der Waals surface area contributed by atoms with Gasteiger partial charge >= 0.3 is 0 Å². The molecule has 0 bridgehead atoms. The maximum absolute atomic E-state index is 13.5. The molecule has 98 valence electrons. The molecule has 0 fully saturated rings. The maximum Gasteiger partial charge on any atom is 0.130 e. The summed E-state index contributed by atoms with van der Waals surface area (Å²) >= 11 is 0. The van der Waals surface area contributed by atoms with Crippen molar-refractivity contribution < 1.29 is 8.78 Å². The first-order valence-corrected chi connectivity index (χ1v) is 6.21. The van der Waals surface area contributed by atoms with E-state index in [1.165, 1.54) is 6.08 Å². The number of benzene rings is 2. The van der Waals surface area contributed by atoms with Crippen LogP contribution in [-0.4, -0.2) is 4.98 Å². The van der Waals surface area contributed by atoms with E-state index < -0.39 is 11.6 Å². The Balaban J connectivity index is 2.05. The summed E-state index contributed by atoms with van der Waals surface area (Å²) in [5.74, 6) is -0.917. The molecule has 1 aromatic heterocycles. The Kier molecular flexibility index (Phi) is 3.25. The van der Waals surface area contributed by atoms with E-state index in [2.05, 4.69) is 4.98 Å². The van der Waals surface area contributed by atoms with Crippen LogP contribution < -0.4 is 0 Å². The lowest BCUT2D eigenvalue weighted by Crippen LogP contribution is -1.86. The Morgan fingerprint density at radius 3 is 2.65 bits per heavy atom. The fourth-order valence-corrected chi connectivity index (χ4v) is 2.09. The van der Waals surface area contributed by atoms with Gasteiger partial charge in [-0.2, -0.15) is 0 Å². The molecule has 0 saturated heterocycles. The molecule has 0 spiro atoms. The van der Waals surface area contributed by atoms with Gasteiger partial charge in [0.2, 0.25) is 0 Å². The van der Waals surface area contributed by atoms with Crippen molar-refractivity contribution in [3.05, 3.63) is 77.6 Å². The molecule has 3 rings (SSSR count). The van der Waals surface area contributed by atoms with E-state index in [-0.39, 0.29) is 5.56 Å². The Morgan fingerprint density at radius 2 is 1.75 bits per heavy atom. The molecule has 1 nitrogen and oxygen atoms in total. The predicted octanol–water partition coefficient (Wildman–Crippen LogP) is 4.68. The van der Waals surface area contributed by atoms with Gasteiger partial charge in [0.15, 0.2) is 0 Å². The topological polar surface area (TPSA) is 12.9 Å². The summed E-state index contributed by atoms with van der Waals surface area (Å²) in [6.45, 7) is 0. The molecule has 20 heavy (non-hydrogen) atoms. The second-order valence-electron chi connectivity index (χ2n) is 4.42. The quantitative estimate of drug-likeness (QED) is 0.656. The Morgan fingerprint density at radius 1 is 0.900 bits per heavy atom. The summed E-state index contributed by atoms with van der Waals surface area (Å²) in [6.07, 6.45) is 4.93. The van der Waals surface area contributed by atoms with Crippen LogP contribution in [0, 0.1) is 11.6 Å². The molecule has 1 heterocycles. The van der Waals surface area contributed by atoms with Crippen molar-refractivity contribution in [2.24, 2.45) is 0 Å². The van der Waals surface area contributed by atoms with Gasteiger partial charge in [0.25, 0.3) is 0 Å². The van der Waals surface area contributed by atoms with Gasteiger partial charge in [0.05, 0.1) is 5.69 Å². The number of hydrogen-bond acceptors (Lipinski definition) is 1. The van der Waals surface area contributed by atoms with Crippen molar-refractivity contribution in [3.63, 3.8) is 0 Å². The van der Waals surface area contributed by atoms with Gasteiger partial charge in [0, 0.05) is 17.1 Å². The molecule has 0 aliphatic heterocycles. The second kappa shape index (κ2) is 5.21. The SMILES string of the molecule is Fc1ccc(F)c(C=Cc2nccc3ccccc23)c1. The molecular formula is C17H11F2N. The lowest BCUT2D eigenvalue weighted by molar-refractivity contribution is 0.598. The lowest BCUT2D eigenvalue weighted by atomic mass is 10.1. The molecule has 3 heteroatoms. The van der Waals surface area contributed by atoms with Crippen molar-refractivity contribution in [1.82, 2.24) is 4.98 Å². The predicted molar refractivity (Wildman–Crippen MR) is 77.0 cm³/mol. The van der Waals surface area contributed by atoms with Crippen LogP contribution in [-0.2, 0) is 0 Å². The van der Waals surface area contributed by atoms with Crippen LogP contribution in [0.5, 0.6) is 0 Å². The molecule has 0 N–H and O–H groups in total.